The molecule has 9 heteroatoms. The van der Waals surface area contributed by atoms with E-state index in [2.05, 4.69) is 25.0 Å². The Balaban J connectivity index is 2.12. The van der Waals surface area contributed by atoms with Gasteiger partial charge in [-0.2, -0.15) is 24.7 Å². The second-order valence-electron chi connectivity index (χ2n) is 3.70. The lowest BCUT2D eigenvalue weighted by Gasteiger charge is -2.05. The smallest absolute Gasteiger partial charge is 0.223 e. The van der Waals surface area contributed by atoms with Gasteiger partial charge in [0.25, 0.3) is 5.95 Å². The Labute approximate surface area is 128 Å². The predicted octanol–water partition coefficient (Wildman–Crippen LogP) is 3.08. The topological polar surface area (TPSA) is 69.4 Å². The van der Waals surface area contributed by atoms with Crippen molar-refractivity contribution in [3.63, 3.8) is 0 Å². The van der Waals surface area contributed by atoms with Gasteiger partial charge in [-0.25, -0.2) is 4.98 Å². The maximum Gasteiger partial charge on any atom is 0.256 e. The summed E-state index contributed by atoms with van der Waals surface area (Å²) in [5.41, 5.74) is 0.671. The molecule has 0 atom stereocenters. The molecule has 0 saturated carbocycles. The summed E-state index contributed by atoms with van der Waals surface area (Å²) in [5.74, 6) is 0.637. The molecule has 0 aliphatic rings. The first kappa shape index (κ1) is 13.2. The molecule has 0 saturated heterocycles. The van der Waals surface area contributed by atoms with Crippen LogP contribution in [0.1, 0.15) is 0 Å². The van der Waals surface area contributed by atoms with Crippen LogP contribution in [0.4, 0.5) is 0 Å². The highest BCUT2D eigenvalue weighted by Gasteiger charge is 2.10. The van der Waals surface area contributed by atoms with Gasteiger partial charge in [0, 0.05) is 5.56 Å². The molecule has 2 aromatic heterocycles. The van der Waals surface area contributed by atoms with Gasteiger partial charge in [-0.3, -0.25) is 0 Å². The molecule has 0 radical (unpaired) electrons. The van der Waals surface area contributed by atoms with Crippen LogP contribution in [-0.2, 0) is 0 Å². The van der Waals surface area contributed by atoms with Crippen molar-refractivity contribution in [3.8, 4) is 17.3 Å². The first-order valence-electron chi connectivity index (χ1n) is 5.35. The number of rotatable bonds is 2. The number of hydrogen-bond acceptors (Lipinski definition) is 5. The second-order valence-corrected chi connectivity index (χ2v) is 4.85. The Bertz CT molecular complexity index is 759. The number of benzene rings is 1. The average molecular weight is 328 g/mol. The quantitative estimate of drug-likeness (QED) is 0.723. The highest BCUT2D eigenvalue weighted by Crippen LogP contribution is 2.27. The highest BCUT2D eigenvalue weighted by molar-refractivity contribution is 6.42. The summed E-state index contributed by atoms with van der Waals surface area (Å²) in [7, 11) is 0. The zero-order valence-corrected chi connectivity index (χ0v) is 12.0. The molecule has 0 aliphatic heterocycles. The molecule has 1 aromatic carbocycles. The van der Waals surface area contributed by atoms with Gasteiger partial charge in [0.2, 0.25) is 5.28 Å². The number of nitrogens with zero attached hydrogens (tertiary/aromatic N) is 6. The zero-order valence-electron chi connectivity index (χ0n) is 9.70. The first-order chi connectivity index (χ1) is 9.63. The average Bonchev–Trinajstić information content (AvgIpc) is 2.95. The van der Waals surface area contributed by atoms with Gasteiger partial charge in [-0.05, 0) is 29.8 Å². The molecule has 0 amide bonds. The zero-order chi connectivity index (χ0) is 14.1. The SMILES string of the molecule is Clc1nc(-c2ccc(Cl)c(Cl)c2)nc(-n2cncn2)n1. The molecular formula is C11H5Cl3N6. The molecule has 100 valence electrons. The molecule has 20 heavy (non-hydrogen) atoms. The minimum Gasteiger partial charge on any atom is -0.223 e. The fraction of sp³-hybridized carbons (Fsp3) is 0. The summed E-state index contributed by atoms with van der Waals surface area (Å²) in [4.78, 5) is 16.1. The van der Waals surface area contributed by atoms with E-state index in [1.54, 1.807) is 18.2 Å². The minimum absolute atomic E-state index is 0.0478. The molecule has 0 bridgehead atoms. The van der Waals surface area contributed by atoms with E-state index >= 15 is 0 Å². The van der Waals surface area contributed by atoms with Gasteiger partial charge in [0.15, 0.2) is 5.82 Å². The lowest BCUT2D eigenvalue weighted by molar-refractivity contribution is 0.796. The van der Waals surface area contributed by atoms with E-state index in [0.717, 1.165) is 0 Å². The molecule has 2 heterocycles. The third-order valence-electron chi connectivity index (χ3n) is 2.40. The Morgan fingerprint density at radius 2 is 1.80 bits per heavy atom. The van der Waals surface area contributed by atoms with Crippen molar-refractivity contribution in [2.45, 2.75) is 0 Å². The van der Waals surface area contributed by atoms with Crippen LogP contribution in [0, 0.1) is 0 Å². The molecule has 0 unspecified atom stereocenters. The van der Waals surface area contributed by atoms with Crippen LogP contribution in [0.3, 0.4) is 0 Å². The van der Waals surface area contributed by atoms with Gasteiger partial charge >= 0.3 is 0 Å². The summed E-state index contributed by atoms with van der Waals surface area (Å²) in [6, 6.07) is 5.05. The van der Waals surface area contributed by atoms with Crippen molar-refractivity contribution in [3.05, 3.63) is 46.2 Å². The van der Waals surface area contributed by atoms with Crippen molar-refractivity contribution in [2.24, 2.45) is 0 Å². The van der Waals surface area contributed by atoms with Gasteiger partial charge in [0.1, 0.15) is 12.7 Å². The summed E-state index contributed by atoms with van der Waals surface area (Å²) < 4.78 is 1.38. The summed E-state index contributed by atoms with van der Waals surface area (Å²) in [5, 5.41) is 4.85. The monoisotopic (exact) mass is 326 g/mol. The fourth-order valence-corrected chi connectivity index (χ4v) is 1.97. The van der Waals surface area contributed by atoms with Gasteiger partial charge in [-0.15, -0.1) is 0 Å². The van der Waals surface area contributed by atoms with Crippen LogP contribution in [0.25, 0.3) is 17.3 Å². The number of hydrogen-bond donors (Lipinski definition) is 0. The van der Waals surface area contributed by atoms with Crippen LogP contribution >= 0.6 is 34.8 Å². The Kier molecular flexibility index (Phi) is 3.52. The van der Waals surface area contributed by atoms with E-state index in [-0.39, 0.29) is 11.2 Å². The van der Waals surface area contributed by atoms with Crippen molar-refractivity contribution >= 4 is 34.8 Å². The van der Waals surface area contributed by atoms with Crippen LogP contribution in [0.5, 0.6) is 0 Å². The Hall–Kier alpha value is -1.76. The van der Waals surface area contributed by atoms with Gasteiger partial charge in [-0.1, -0.05) is 23.2 Å². The van der Waals surface area contributed by atoms with Crippen LogP contribution in [0.2, 0.25) is 15.3 Å². The number of halogens is 3. The lowest BCUT2D eigenvalue weighted by atomic mass is 10.2. The Morgan fingerprint density at radius 3 is 2.50 bits per heavy atom. The summed E-state index contributed by atoms with van der Waals surface area (Å²) >= 11 is 17.8. The van der Waals surface area contributed by atoms with E-state index in [9.17, 15) is 0 Å². The fourth-order valence-electron chi connectivity index (χ4n) is 1.52. The van der Waals surface area contributed by atoms with Crippen molar-refractivity contribution < 1.29 is 0 Å². The standard InChI is InChI=1S/C11H5Cl3N6/c12-7-2-1-6(3-8(7)13)9-17-10(14)19-11(18-9)20-5-15-4-16-20/h1-5H. The molecule has 3 rings (SSSR count). The minimum atomic E-state index is 0.0478. The maximum absolute atomic E-state index is 5.98. The molecule has 0 N–H and O–H groups in total. The maximum atomic E-state index is 5.98. The second kappa shape index (κ2) is 5.32. The van der Waals surface area contributed by atoms with E-state index in [4.69, 9.17) is 34.8 Å². The summed E-state index contributed by atoms with van der Waals surface area (Å²) in [6.07, 6.45) is 2.83. The van der Waals surface area contributed by atoms with E-state index in [0.29, 0.717) is 21.4 Å². The van der Waals surface area contributed by atoms with Gasteiger partial charge < -0.3 is 0 Å². The highest BCUT2D eigenvalue weighted by atomic mass is 35.5. The van der Waals surface area contributed by atoms with Crippen LogP contribution in [-0.4, -0.2) is 29.7 Å². The molecule has 0 spiro atoms. The molecule has 3 aromatic rings. The predicted molar refractivity (Wildman–Crippen MR) is 75.2 cm³/mol. The number of aromatic nitrogens is 6. The van der Waals surface area contributed by atoms with Crippen molar-refractivity contribution in [1.29, 1.82) is 0 Å². The molecular weight excluding hydrogens is 323 g/mol. The molecule has 0 aliphatic carbocycles. The lowest BCUT2D eigenvalue weighted by Crippen LogP contribution is -2.05. The molecule has 6 nitrogen and oxygen atoms in total. The largest absolute Gasteiger partial charge is 0.256 e. The van der Waals surface area contributed by atoms with Crippen LogP contribution in [0.15, 0.2) is 30.9 Å². The van der Waals surface area contributed by atoms with Crippen molar-refractivity contribution in [2.75, 3.05) is 0 Å². The van der Waals surface area contributed by atoms with Crippen LogP contribution < -0.4 is 0 Å². The third kappa shape index (κ3) is 2.58. The normalized spacial score (nSPS) is 10.8. The third-order valence-corrected chi connectivity index (χ3v) is 3.31. The van der Waals surface area contributed by atoms with Gasteiger partial charge in [0.05, 0.1) is 10.0 Å². The summed E-state index contributed by atoms with van der Waals surface area (Å²) in [6.45, 7) is 0. The van der Waals surface area contributed by atoms with E-state index < -0.39 is 0 Å². The van der Waals surface area contributed by atoms with E-state index in [1.165, 1.54) is 17.3 Å². The Morgan fingerprint density at radius 1 is 0.950 bits per heavy atom. The van der Waals surface area contributed by atoms with Crippen molar-refractivity contribution in [1.82, 2.24) is 29.7 Å². The van der Waals surface area contributed by atoms with E-state index in [1.807, 2.05) is 0 Å². The molecule has 0 fully saturated rings. The first-order valence-corrected chi connectivity index (χ1v) is 6.49.